The number of rotatable bonds is 5. The molecule has 1 atom stereocenters. The molecule has 1 heterocycles. The second kappa shape index (κ2) is 7.17. The molecule has 4 heteroatoms. The van der Waals surface area contributed by atoms with Gasteiger partial charge < -0.3 is 9.64 Å². The van der Waals surface area contributed by atoms with Crippen LogP contribution in [0, 0.1) is 0 Å². The summed E-state index contributed by atoms with van der Waals surface area (Å²) >= 11 is 0. The van der Waals surface area contributed by atoms with Gasteiger partial charge in [0.1, 0.15) is 17.5 Å². The van der Waals surface area contributed by atoms with Gasteiger partial charge in [-0.15, -0.1) is 0 Å². The van der Waals surface area contributed by atoms with Gasteiger partial charge in [0.05, 0.1) is 7.11 Å². The van der Waals surface area contributed by atoms with Crippen molar-refractivity contribution in [1.82, 2.24) is 9.80 Å². The van der Waals surface area contributed by atoms with Crippen molar-refractivity contribution in [2.75, 3.05) is 20.7 Å². The van der Waals surface area contributed by atoms with Crippen LogP contribution in [-0.2, 0) is 16.6 Å². The van der Waals surface area contributed by atoms with Gasteiger partial charge in [-0.05, 0) is 60.5 Å². The monoisotopic (exact) mass is 392 g/mol. The van der Waals surface area contributed by atoms with Gasteiger partial charge in [0.15, 0.2) is 0 Å². The molecule has 4 rings (SSSR count). The first kappa shape index (κ1) is 20.0. The minimum atomic E-state index is -0.271. The Hall–Kier alpha value is -2.33. The highest BCUT2D eigenvalue weighted by molar-refractivity contribution is 5.92. The Morgan fingerprint density at radius 2 is 1.66 bits per heavy atom. The molecule has 2 aliphatic rings. The van der Waals surface area contributed by atoms with Crippen molar-refractivity contribution in [1.29, 1.82) is 0 Å². The third-order valence-corrected chi connectivity index (χ3v) is 6.60. The summed E-state index contributed by atoms with van der Waals surface area (Å²) in [6.07, 6.45) is 2.80. The third kappa shape index (κ3) is 3.55. The lowest BCUT2D eigenvalue weighted by Crippen LogP contribution is -2.33. The molecule has 0 bridgehead atoms. The van der Waals surface area contributed by atoms with Crippen molar-refractivity contribution in [3.63, 3.8) is 0 Å². The predicted octanol–water partition coefficient (Wildman–Crippen LogP) is 4.54. The molecule has 154 valence electrons. The van der Waals surface area contributed by atoms with E-state index in [-0.39, 0.29) is 17.1 Å². The lowest BCUT2D eigenvalue weighted by Gasteiger charge is -2.30. The maximum absolute atomic E-state index is 13.3. The number of hydrogen-bond acceptors (Lipinski definition) is 3. The summed E-state index contributed by atoms with van der Waals surface area (Å²) in [5.74, 6) is 1.15. The number of carbonyl (C=O) groups excluding carboxylic acids is 1. The Kier molecular flexibility index (Phi) is 4.94. The summed E-state index contributed by atoms with van der Waals surface area (Å²) < 4.78 is 5.25. The van der Waals surface area contributed by atoms with Crippen LogP contribution in [0.3, 0.4) is 0 Å². The number of nitrogens with zero attached hydrogens (tertiary/aromatic N) is 2. The molecule has 29 heavy (non-hydrogen) atoms. The van der Waals surface area contributed by atoms with E-state index < -0.39 is 0 Å². The minimum absolute atomic E-state index is 0.0114. The van der Waals surface area contributed by atoms with Gasteiger partial charge in [-0.2, -0.15) is 0 Å². The average molecular weight is 393 g/mol. The van der Waals surface area contributed by atoms with E-state index in [2.05, 4.69) is 74.0 Å². The number of carbonyl (C=O) groups is 1. The van der Waals surface area contributed by atoms with Crippen molar-refractivity contribution >= 4 is 5.91 Å². The molecule has 0 N–H and O–H groups in total. The number of likely N-dealkylation sites (N-methyl/N-ethyl adjacent to an activating group) is 1. The molecule has 1 unspecified atom stereocenters. The fourth-order valence-corrected chi connectivity index (χ4v) is 4.48. The van der Waals surface area contributed by atoms with E-state index in [1.165, 1.54) is 16.7 Å². The molecule has 1 amide bonds. The Bertz CT molecular complexity index is 877. The van der Waals surface area contributed by atoms with Crippen LogP contribution in [0.4, 0.5) is 0 Å². The Balaban J connectivity index is 1.57. The van der Waals surface area contributed by atoms with Crippen molar-refractivity contribution in [3.05, 3.63) is 65.2 Å². The summed E-state index contributed by atoms with van der Waals surface area (Å²) in [5, 5.41) is 0. The number of benzene rings is 2. The molecule has 2 fully saturated rings. The second-order valence-electron chi connectivity index (χ2n) is 9.48. The maximum Gasteiger partial charge on any atom is 0.244 e. The fourth-order valence-electron chi connectivity index (χ4n) is 4.48. The fraction of sp³-hybridized carbons (Fsp3) is 0.480. The molecule has 0 aromatic heterocycles. The summed E-state index contributed by atoms with van der Waals surface area (Å²) in [6, 6.07) is 17.0. The molecule has 1 saturated heterocycles. The van der Waals surface area contributed by atoms with Crippen molar-refractivity contribution in [2.45, 2.75) is 57.2 Å². The average Bonchev–Trinajstić information content (AvgIpc) is 3.49. The zero-order valence-electron chi connectivity index (χ0n) is 18.2. The highest BCUT2D eigenvalue weighted by Crippen LogP contribution is 2.52. The van der Waals surface area contributed by atoms with Crippen LogP contribution in [0.2, 0.25) is 0 Å². The third-order valence-electron chi connectivity index (χ3n) is 6.60. The first-order chi connectivity index (χ1) is 13.8. The summed E-state index contributed by atoms with van der Waals surface area (Å²) in [6.45, 7) is 7.41. The van der Waals surface area contributed by atoms with Crippen molar-refractivity contribution < 1.29 is 9.53 Å². The first-order valence-corrected chi connectivity index (χ1v) is 10.5. The molecule has 1 spiro atoms. The van der Waals surface area contributed by atoms with Gasteiger partial charge in [-0.3, -0.25) is 9.69 Å². The standard InChI is InChI=1S/C25H32N2O2/c1-24(2,3)20-10-8-19(9-11-20)22-26(4)25(15-16-25)23(28)27(22)17-14-18-6-12-21(29-5)13-7-18/h6-13,22H,14-17H2,1-5H3. The van der Waals surface area contributed by atoms with Crippen LogP contribution in [0.15, 0.2) is 48.5 Å². The van der Waals surface area contributed by atoms with Gasteiger partial charge in [-0.25, -0.2) is 0 Å². The summed E-state index contributed by atoms with van der Waals surface area (Å²) in [5.41, 5.74) is 3.60. The number of amides is 1. The van der Waals surface area contributed by atoms with E-state index in [1.807, 2.05) is 12.1 Å². The van der Waals surface area contributed by atoms with Crippen LogP contribution < -0.4 is 4.74 Å². The van der Waals surface area contributed by atoms with Crippen LogP contribution in [0.5, 0.6) is 5.75 Å². The van der Waals surface area contributed by atoms with Gasteiger partial charge in [-0.1, -0.05) is 57.2 Å². The Morgan fingerprint density at radius 1 is 1.03 bits per heavy atom. The number of hydrogen-bond donors (Lipinski definition) is 0. The molecule has 2 aromatic carbocycles. The SMILES string of the molecule is COc1ccc(CCN2C(=O)C3(CC3)N(C)C2c2ccc(C(C)(C)C)cc2)cc1. The van der Waals surface area contributed by atoms with E-state index in [0.29, 0.717) is 5.91 Å². The minimum Gasteiger partial charge on any atom is -0.497 e. The normalized spacial score (nSPS) is 21.1. The lowest BCUT2D eigenvalue weighted by molar-refractivity contribution is -0.130. The molecule has 0 radical (unpaired) electrons. The number of ether oxygens (including phenoxy) is 1. The quantitative estimate of drug-likeness (QED) is 0.749. The zero-order valence-corrected chi connectivity index (χ0v) is 18.2. The molecule has 2 aromatic rings. The lowest BCUT2D eigenvalue weighted by atomic mass is 9.86. The van der Waals surface area contributed by atoms with Gasteiger partial charge >= 0.3 is 0 Å². The smallest absolute Gasteiger partial charge is 0.244 e. The maximum atomic E-state index is 13.3. The van der Waals surface area contributed by atoms with Gasteiger partial charge in [0.2, 0.25) is 5.91 Å². The highest BCUT2D eigenvalue weighted by Gasteiger charge is 2.63. The molecule has 1 aliphatic carbocycles. The van der Waals surface area contributed by atoms with Crippen LogP contribution in [-0.4, -0.2) is 41.9 Å². The Labute approximate surface area is 174 Å². The van der Waals surface area contributed by atoms with Crippen molar-refractivity contribution in [2.24, 2.45) is 0 Å². The van der Waals surface area contributed by atoms with Gasteiger partial charge in [0.25, 0.3) is 0 Å². The summed E-state index contributed by atoms with van der Waals surface area (Å²) in [7, 11) is 3.79. The first-order valence-electron chi connectivity index (χ1n) is 10.5. The zero-order chi connectivity index (χ0) is 20.8. The second-order valence-corrected chi connectivity index (χ2v) is 9.48. The molecule has 4 nitrogen and oxygen atoms in total. The van der Waals surface area contributed by atoms with E-state index in [0.717, 1.165) is 31.6 Å². The predicted molar refractivity (Wildman–Crippen MR) is 116 cm³/mol. The van der Waals surface area contributed by atoms with E-state index in [1.54, 1.807) is 7.11 Å². The summed E-state index contributed by atoms with van der Waals surface area (Å²) in [4.78, 5) is 17.7. The van der Waals surface area contributed by atoms with Crippen molar-refractivity contribution in [3.8, 4) is 5.75 Å². The topological polar surface area (TPSA) is 32.8 Å². The van der Waals surface area contributed by atoms with E-state index in [9.17, 15) is 4.79 Å². The van der Waals surface area contributed by atoms with Crippen LogP contribution in [0.1, 0.15) is 56.5 Å². The Morgan fingerprint density at radius 3 is 2.17 bits per heavy atom. The van der Waals surface area contributed by atoms with Crippen LogP contribution in [0.25, 0.3) is 0 Å². The molecule has 1 saturated carbocycles. The number of methoxy groups -OCH3 is 1. The largest absolute Gasteiger partial charge is 0.497 e. The van der Waals surface area contributed by atoms with Crippen LogP contribution >= 0.6 is 0 Å². The van der Waals surface area contributed by atoms with E-state index in [4.69, 9.17) is 4.74 Å². The molecular weight excluding hydrogens is 360 g/mol. The van der Waals surface area contributed by atoms with E-state index >= 15 is 0 Å². The molecular formula is C25H32N2O2. The van der Waals surface area contributed by atoms with Gasteiger partial charge in [0, 0.05) is 6.54 Å². The molecule has 1 aliphatic heterocycles. The highest BCUT2D eigenvalue weighted by atomic mass is 16.5.